The van der Waals surface area contributed by atoms with Crippen molar-refractivity contribution in [3.63, 3.8) is 0 Å². The SMILES string of the molecule is COc1ccc(C2(c3ccc(OC)cc3)C=Cc3c4c(c5cc6c(cc5c3O2)SC2(O6)C(C)(C)CCCC2(C)C)-c2ccccc2C42CCCCCCC2)cc1. The van der Waals surface area contributed by atoms with Crippen LogP contribution in [-0.2, 0) is 11.0 Å². The van der Waals surface area contributed by atoms with Crippen molar-refractivity contribution in [2.45, 2.75) is 113 Å². The molecule has 288 valence electrons. The van der Waals surface area contributed by atoms with Gasteiger partial charge in [0.2, 0.25) is 0 Å². The summed E-state index contributed by atoms with van der Waals surface area (Å²) in [7, 11) is 3.44. The van der Waals surface area contributed by atoms with Gasteiger partial charge in [-0.3, -0.25) is 0 Å². The minimum Gasteiger partial charge on any atom is -0.497 e. The number of thioether (sulfide) groups is 1. The molecule has 5 aromatic carbocycles. The summed E-state index contributed by atoms with van der Waals surface area (Å²) >= 11 is 1.96. The predicted octanol–water partition coefficient (Wildman–Crippen LogP) is 13.6. The van der Waals surface area contributed by atoms with E-state index >= 15 is 0 Å². The van der Waals surface area contributed by atoms with Gasteiger partial charge in [-0.15, -0.1) is 0 Å². The highest BCUT2D eigenvalue weighted by Crippen LogP contribution is 2.69. The van der Waals surface area contributed by atoms with Crippen LogP contribution in [0.2, 0.25) is 0 Å². The van der Waals surface area contributed by atoms with Crippen LogP contribution in [-0.4, -0.2) is 19.2 Å². The van der Waals surface area contributed by atoms with Gasteiger partial charge in [0.1, 0.15) is 23.0 Å². The molecular formula is C51H54O4S. The van der Waals surface area contributed by atoms with E-state index in [-0.39, 0.29) is 21.2 Å². The first-order valence-corrected chi connectivity index (χ1v) is 21.7. The molecule has 0 unspecified atom stereocenters. The maximum atomic E-state index is 7.83. The Kier molecular flexibility index (Phi) is 8.25. The Morgan fingerprint density at radius 3 is 1.86 bits per heavy atom. The van der Waals surface area contributed by atoms with Gasteiger partial charge >= 0.3 is 0 Å². The van der Waals surface area contributed by atoms with Crippen LogP contribution in [0, 0.1) is 10.8 Å². The van der Waals surface area contributed by atoms with Crippen molar-refractivity contribution in [3.8, 4) is 34.1 Å². The summed E-state index contributed by atoms with van der Waals surface area (Å²) in [6, 6.07) is 30.9. The van der Waals surface area contributed by atoms with Gasteiger partial charge < -0.3 is 18.9 Å². The maximum absolute atomic E-state index is 7.83. The summed E-state index contributed by atoms with van der Waals surface area (Å²) in [5.41, 5.74) is 8.06. The van der Waals surface area contributed by atoms with Crippen LogP contribution in [0.5, 0.6) is 23.0 Å². The molecule has 2 aliphatic heterocycles. The molecule has 5 aromatic rings. The summed E-state index contributed by atoms with van der Waals surface area (Å²) in [4.78, 5) is 0.851. The van der Waals surface area contributed by atoms with Crippen LogP contribution in [0.15, 0.2) is 95.9 Å². The number of methoxy groups -OCH3 is 2. The van der Waals surface area contributed by atoms with E-state index in [1.807, 2.05) is 36.0 Å². The van der Waals surface area contributed by atoms with E-state index in [1.54, 1.807) is 14.2 Å². The van der Waals surface area contributed by atoms with E-state index in [0.717, 1.165) is 65.2 Å². The van der Waals surface area contributed by atoms with E-state index in [1.165, 1.54) is 76.6 Å². The number of benzene rings is 5. The Morgan fingerprint density at radius 1 is 0.625 bits per heavy atom. The highest BCUT2D eigenvalue weighted by Gasteiger charge is 2.63. The largest absolute Gasteiger partial charge is 0.497 e. The number of hydrogen-bond donors (Lipinski definition) is 0. The molecule has 0 amide bonds. The third-order valence-corrected chi connectivity index (χ3v) is 16.5. The van der Waals surface area contributed by atoms with Gasteiger partial charge in [-0.2, -0.15) is 0 Å². The fourth-order valence-electron chi connectivity index (χ4n) is 11.6. The quantitative estimate of drug-likeness (QED) is 0.182. The van der Waals surface area contributed by atoms with Crippen LogP contribution in [0.4, 0.5) is 0 Å². The molecule has 3 aliphatic carbocycles. The monoisotopic (exact) mass is 762 g/mol. The van der Waals surface area contributed by atoms with E-state index in [0.29, 0.717) is 0 Å². The molecule has 0 saturated heterocycles. The van der Waals surface area contributed by atoms with Gasteiger partial charge in [-0.25, -0.2) is 0 Å². The predicted molar refractivity (Wildman–Crippen MR) is 230 cm³/mol. The first-order chi connectivity index (χ1) is 27.1. The smallest absolute Gasteiger partial charge is 0.178 e. The van der Waals surface area contributed by atoms with E-state index in [4.69, 9.17) is 18.9 Å². The number of rotatable bonds is 4. The third-order valence-electron chi connectivity index (χ3n) is 14.4. The van der Waals surface area contributed by atoms with E-state index in [2.05, 4.69) is 101 Å². The molecule has 10 rings (SSSR count). The fraction of sp³-hybridized carbons (Fsp3) is 0.412. The van der Waals surface area contributed by atoms with Gasteiger partial charge in [0.25, 0.3) is 0 Å². The normalized spacial score (nSPS) is 21.5. The molecule has 2 spiro atoms. The molecule has 0 radical (unpaired) electrons. The highest BCUT2D eigenvalue weighted by atomic mass is 32.2. The molecule has 0 aromatic heterocycles. The molecule has 4 nitrogen and oxygen atoms in total. The van der Waals surface area contributed by atoms with E-state index in [9.17, 15) is 0 Å². The second-order valence-corrected chi connectivity index (χ2v) is 19.5. The second kappa shape index (κ2) is 12.8. The van der Waals surface area contributed by atoms with Crippen LogP contribution < -0.4 is 18.9 Å². The summed E-state index contributed by atoms with van der Waals surface area (Å²) < 4.78 is 26.5. The minimum absolute atomic E-state index is 0.00135. The number of ether oxygens (including phenoxy) is 4. The Hall–Kier alpha value is -4.35. The Labute approximate surface area is 337 Å². The van der Waals surface area contributed by atoms with Crippen molar-refractivity contribution in [1.82, 2.24) is 0 Å². The molecule has 5 aliphatic rings. The first kappa shape index (κ1) is 36.0. The van der Waals surface area contributed by atoms with Crippen molar-refractivity contribution < 1.29 is 18.9 Å². The van der Waals surface area contributed by atoms with Gasteiger partial charge in [0.05, 0.1) is 19.1 Å². The zero-order valence-corrected chi connectivity index (χ0v) is 34.7. The lowest BCUT2D eigenvalue weighted by atomic mass is 9.62. The van der Waals surface area contributed by atoms with Crippen molar-refractivity contribution in [1.29, 1.82) is 0 Å². The van der Waals surface area contributed by atoms with Crippen LogP contribution >= 0.6 is 11.8 Å². The minimum atomic E-state index is -0.885. The molecule has 2 fully saturated rings. The summed E-state index contributed by atoms with van der Waals surface area (Å²) in [5.74, 6) is 3.63. The second-order valence-electron chi connectivity index (χ2n) is 18.3. The zero-order valence-electron chi connectivity index (χ0n) is 33.8. The molecule has 5 heteroatoms. The Bertz CT molecular complexity index is 2310. The van der Waals surface area contributed by atoms with Gasteiger partial charge in [0, 0.05) is 38.3 Å². The van der Waals surface area contributed by atoms with Crippen molar-refractivity contribution in [2.24, 2.45) is 10.8 Å². The van der Waals surface area contributed by atoms with Gasteiger partial charge in [0.15, 0.2) is 10.5 Å². The van der Waals surface area contributed by atoms with Gasteiger partial charge in [-0.05, 0) is 95.8 Å². The maximum Gasteiger partial charge on any atom is 0.178 e. The standard InChI is InChI=1S/C51H54O4S/c1-47(2)26-14-27-48(3,4)51(47)54-42-31-39-40(32-43(42)56-51)46-38(45-44(39)37-15-10-11-16-41(37)49(45)28-12-8-7-9-13-29-49)25-30-50(55-46,33-17-21-35(52-5)22-18-33)34-19-23-36(53-6)24-20-34/h10-11,15-25,30-32H,7-9,12-14,26-29H2,1-6H3. The Morgan fingerprint density at radius 2 is 1.23 bits per heavy atom. The van der Waals surface area contributed by atoms with Crippen LogP contribution in [0.1, 0.15) is 120 Å². The van der Waals surface area contributed by atoms with E-state index < -0.39 is 5.60 Å². The molecule has 2 saturated carbocycles. The van der Waals surface area contributed by atoms with Crippen molar-refractivity contribution in [3.05, 3.63) is 119 Å². The number of hydrogen-bond acceptors (Lipinski definition) is 5. The third kappa shape index (κ3) is 4.98. The van der Waals surface area contributed by atoms with Crippen LogP contribution in [0.25, 0.3) is 28.0 Å². The average molecular weight is 763 g/mol. The first-order valence-electron chi connectivity index (χ1n) is 20.9. The van der Waals surface area contributed by atoms with Crippen molar-refractivity contribution in [2.75, 3.05) is 14.2 Å². The molecule has 0 atom stereocenters. The molecular weight excluding hydrogens is 709 g/mol. The summed E-state index contributed by atoms with van der Waals surface area (Å²) in [6.45, 7) is 9.69. The van der Waals surface area contributed by atoms with Crippen molar-refractivity contribution >= 4 is 28.6 Å². The zero-order chi connectivity index (χ0) is 38.5. The molecule has 0 bridgehead atoms. The molecule has 0 N–H and O–H groups in total. The molecule has 2 heterocycles. The molecule has 56 heavy (non-hydrogen) atoms. The fourth-order valence-corrected chi connectivity index (χ4v) is 13.2. The lowest BCUT2D eigenvalue weighted by molar-refractivity contribution is -0.0821. The summed E-state index contributed by atoms with van der Waals surface area (Å²) in [6.07, 6.45) is 16.9. The average Bonchev–Trinajstić information content (AvgIpc) is 3.74. The lowest BCUT2D eigenvalue weighted by Crippen LogP contribution is -2.57. The van der Waals surface area contributed by atoms with Crippen LogP contribution in [0.3, 0.4) is 0 Å². The highest BCUT2D eigenvalue weighted by molar-refractivity contribution is 8.01. The number of fused-ring (bicyclic) bond motifs is 11. The van der Waals surface area contributed by atoms with Gasteiger partial charge in [-0.1, -0.05) is 133 Å². The lowest BCUT2D eigenvalue weighted by Gasteiger charge is -2.55. The Balaban J connectivity index is 1.27. The summed E-state index contributed by atoms with van der Waals surface area (Å²) in [5, 5.41) is 2.40. The topological polar surface area (TPSA) is 36.9 Å².